The molecule has 11 rings (SSSR count). The zero-order valence-electron chi connectivity index (χ0n) is 27.4. The van der Waals surface area contributed by atoms with Gasteiger partial charge in [-0.05, 0) is 96.9 Å². The first-order valence-corrected chi connectivity index (χ1v) is 17.3. The Hall–Kier alpha value is -7.02. The summed E-state index contributed by atoms with van der Waals surface area (Å²) >= 11 is 0. The Morgan fingerprint density at radius 2 is 1.12 bits per heavy atom. The van der Waals surface area contributed by atoms with Crippen LogP contribution in [0.5, 0.6) is 0 Å². The maximum absolute atomic E-state index is 9.91. The van der Waals surface area contributed by atoms with Gasteiger partial charge >= 0.3 is 0 Å². The SMILES string of the molecule is N#Cc1ccc2c3c1ccc1cc(-c4ccc(-c5ccc6ccc7c(-c8ccccc8)ccc8ccc5c6c87)nc4)cc(c13)n2-c1ccccc1. The highest BCUT2D eigenvalue weighted by molar-refractivity contribution is 6.28. The number of hydrogen-bond acceptors (Lipinski definition) is 2. The Morgan fingerprint density at radius 3 is 1.84 bits per heavy atom. The molecule has 2 aromatic heterocycles. The molecule has 0 aliphatic heterocycles. The zero-order chi connectivity index (χ0) is 33.6. The van der Waals surface area contributed by atoms with E-state index in [0.717, 1.165) is 55.3 Å². The number of benzene rings is 9. The monoisotopic (exact) mass is 645 g/mol. The van der Waals surface area contributed by atoms with E-state index < -0.39 is 0 Å². The summed E-state index contributed by atoms with van der Waals surface area (Å²) in [5.74, 6) is 0. The second kappa shape index (κ2) is 10.5. The van der Waals surface area contributed by atoms with Crippen LogP contribution in [0.3, 0.4) is 0 Å². The van der Waals surface area contributed by atoms with E-state index in [0.29, 0.717) is 5.56 Å². The first-order valence-electron chi connectivity index (χ1n) is 17.3. The van der Waals surface area contributed by atoms with Gasteiger partial charge in [-0.3, -0.25) is 4.98 Å². The quantitative estimate of drug-likeness (QED) is 0.179. The normalized spacial score (nSPS) is 11.9. The van der Waals surface area contributed by atoms with Crippen LogP contribution in [-0.4, -0.2) is 9.55 Å². The third-order valence-electron chi connectivity index (χ3n) is 10.8. The fourth-order valence-electron chi connectivity index (χ4n) is 8.50. The maximum Gasteiger partial charge on any atom is 0.0998 e. The van der Waals surface area contributed by atoms with Crippen molar-refractivity contribution in [1.82, 2.24) is 9.55 Å². The molecule has 0 bridgehead atoms. The number of nitriles is 1. The molecule has 11 aromatic rings. The summed E-state index contributed by atoms with van der Waals surface area (Å²) in [6, 6.07) is 58.7. The van der Waals surface area contributed by atoms with Gasteiger partial charge in [-0.2, -0.15) is 5.26 Å². The van der Waals surface area contributed by atoms with Gasteiger partial charge in [0.25, 0.3) is 0 Å². The molecule has 0 saturated heterocycles. The molecule has 234 valence electrons. The van der Waals surface area contributed by atoms with Crippen LogP contribution in [0.25, 0.3) is 104 Å². The van der Waals surface area contributed by atoms with Crippen molar-refractivity contribution in [3.63, 3.8) is 0 Å². The molecule has 0 N–H and O–H groups in total. The molecule has 9 aromatic carbocycles. The number of hydrogen-bond donors (Lipinski definition) is 0. The van der Waals surface area contributed by atoms with E-state index in [4.69, 9.17) is 4.98 Å². The molecule has 0 unspecified atom stereocenters. The smallest absolute Gasteiger partial charge is 0.0998 e. The molecule has 3 heteroatoms. The number of rotatable bonds is 4. The van der Waals surface area contributed by atoms with Gasteiger partial charge in [0.1, 0.15) is 0 Å². The van der Waals surface area contributed by atoms with Gasteiger partial charge in [-0.25, -0.2) is 0 Å². The van der Waals surface area contributed by atoms with E-state index in [9.17, 15) is 5.26 Å². The van der Waals surface area contributed by atoms with Crippen LogP contribution in [-0.2, 0) is 0 Å². The molecular formula is C48H27N3. The topological polar surface area (TPSA) is 41.6 Å². The molecule has 51 heavy (non-hydrogen) atoms. The second-order valence-corrected chi connectivity index (χ2v) is 13.4. The molecule has 0 aliphatic carbocycles. The van der Waals surface area contributed by atoms with Crippen LogP contribution in [0.2, 0.25) is 0 Å². The molecule has 2 heterocycles. The summed E-state index contributed by atoms with van der Waals surface area (Å²) in [5, 5.41) is 21.9. The van der Waals surface area contributed by atoms with E-state index in [1.54, 1.807) is 0 Å². The van der Waals surface area contributed by atoms with Crippen molar-refractivity contribution < 1.29 is 0 Å². The van der Waals surface area contributed by atoms with Crippen LogP contribution < -0.4 is 0 Å². The van der Waals surface area contributed by atoms with Crippen molar-refractivity contribution in [2.75, 3.05) is 0 Å². The minimum Gasteiger partial charge on any atom is -0.309 e. The fourth-order valence-corrected chi connectivity index (χ4v) is 8.50. The van der Waals surface area contributed by atoms with E-state index in [1.165, 1.54) is 48.8 Å². The number of pyridine rings is 1. The largest absolute Gasteiger partial charge is 0.309 e. The maximum atomic E-state index is 9.91. The third-order valence-corrected chi connectivity index (χ3v) is 10.8. The van der Waals surface area contributed by atoms with Crippen molar-refractivity contribution in [1.29, 1.82) is 5.26 Å². The molecule has 3 nitrogen and oxygen atoms in total. The number of aromatic nitrogens is 2. The van der Waals surface area contributed by atoms with Crippen molar-refractivity contribution in [3.8, 4) is 45.3 Å². The fraction of sp³-hybridized carbons (Fsp3) is 0. The molecule has 0 fully saturated rings. The summed E-state index contributed by atoms with van der Waals surface area (Å²) in [6.45, 7) is 0. The Balaban J connectivity index is 1.07. The molecule has 0 aliphatic rings. The predicted octanol–water partition coefficient (Wildman–Crippen LogP) is 12.5. The average Bonchev–Trinajstić information content (AvgIpc) is 3.54. The van der Waals surface area contributed by atoms with Crippen molar-refractivity contribution in [2.45, 2.75) is 0 Å². The molecular weight excluding hydrogens is 619 g/mol. The van der Waals surface area contributed by atoms with Crippen LogP contribution in [0, 0.1) is 11.3 Å². The van der Waals surface area contributed by atoms with Gasteiger partial charge in [-0.15, -0.1) is 0 Å². The lowest BCUT2D eigenvalue weighted by atomic mass is 9.88. The van der Waals surface area contributed by atoms with E-state index in [1.807, 2.05) is 18.3 Å². The standard InChI is InChI=1S/C48H27N3/c49-27-33-17-24-43-48-38(33)19-15-32-25-35(26-44(47(32)48)51(43)36-9-5-2-6-10-36)34-16-23-42(50-28-34)39-20-12-31-13-21-40-37(29-7-3-1-4-8-29)18-11-30-14-22-41(39)46(31)45(30)40/h1-26,28H. The zero-order valence-corrected chi connectivity index (χ0v) is 27.4. The minimum atomic E-state index is 0.698. The van der Waals surface area contributed by atoms with Gasteiger partial charge in [0, 0.05) is 39.2 Å². The Labute approximate surface area is 293 Å². The van der Waals surface area contributed by atoms with Gasteiger partial charge in [-0.1, -0.05) is 115 Å². The lowest BCUT2D eigenvalue weighted by Gasteiger charge is -2.16. The molecule has 0 spiro atoms. The summed E-state index contributed by atoms with van der Waals surface area (Å²) in [5.41, 5.74) is 10.7. The Kier molecular flexibility index (Phi) is 5.73. The number of para-hydroxylation sites is 1. The summed E-state index contributed by atoms with van der Waals surface area (Å²) in [7, 11) is 0. The van der Waals surface area contributed by atoms with Gasteiger partial charge in [0.15, 0.2) is 0 Å². The van der Waals surface area contributed by atoms with Gasteiger partial charge in [0.05, 0.1) is 28.4 Å². The summed E-state index contributed by atoms with van der Waals surface area (Å²) < 4.78 is 2.32. The summed E-state index contributed by atoms with van der Waals surface area (Å²) in [4.78, 5) is 5.11. The first-order chi connectivity index (χ1) is 25.2. The van der Waals surface area contributed by atoms with Gasteiger partial charge < -0.3 is 4.57 Å². The Bertz CT molecular complexity index is 3170. The van der Waals surface area contributed by atoms with Gasteiger partial charge in [0.2, 0.25) is 0 Å². The van der Waals surface area contributed by atoms with Crippen LogP contribution in [0.1, 0.15) is 5.56 Å². The van der Waals surface area contributed by atoms with Crippen molar-refractivity contribution in [2.24, 2.45) is 0 Å². The van der Waals surface area contributed by atoms with Crippen LogP contribution >= 0.6 is 0 Å². The first kappa shape index (κ1) is 27.9. The minimum absolute atomic E-state index is 0.698. The average molecular weight is 646 g/mol. The van der Waals surface area contributed by atoms with Crippen LogP contribution in [0.15, 0.2) is 164 Å². The van der Waals surface area contributed by atoms with Crippen LogP contribution in [0.4, 0.5) is 0 Å². The van der Waals surface area contributed by atoms with E-state index in [2.05, 4.69) is 156 Å². The predicted molar refractivity (Wildman–Crippen MR) is 212 cm³/mol. The third kappa shape index (κ3) is 3.96. The highest BCUT2D eigenvalue weighted by Gasteiger charge is 2.20. The lowest BCUT2D eigenvalue weighted by Crippen LogP contribution is -1.94. The molecule has 0 amide bonds. The van der Waals surface area contributed by atoms with E-state index in [-0.39, 0.29) is 0 Å². The highest BCUT2D eigenvalue weighted by Crippen LogP contribution is 2.44. The molecule has 0 saturated carbocycles. The highest BCUT2D eigenvalue weighted by atomic mass is 15.0. The van der Waals surface area contributed by atoms with Crippen molar-refractivity contribution in [3.05, 3.63) is 169 Å². The number of nitrogens with zero attached hydrogens (tertiary/aromatic N) is 3. The lowest BCUT2D eigenvalue weighted by molar-refractivity contribution is 1.18. The molecule has 0 atom stereocenters. The van der Waals surface area contributed by atoms with E-state index >= 15 is 0 Å². The molecule has 0 radical (unpaired) electrons. The second-order valence-electron chi connectivity index (χ2n) is 13.4. The Morgan fingerprint density at radius 1 is 0.451 bits per heavy atom. The van der Waals surface area contributed by atoms with Crippen molar-refractivity contribution >= 4 is 64.9 Å². The summed E-state index contributed by atoms with van der Waals surface area (Å²) in [6.07, 6.45) is 2.01.